The van der Waals surface area contributed by atoms with Crippen molar-refractivity contribution in [2.75, 3.05) is 19.5 Å². The number of carbonyl (C=O) groups excluding carboxylic acids is 1. The Morgan fingerprint density at radius 1 is 1.41 bits per heavy atom. The number of carboxylic acids is 1. The van der Waals surface area contributed by atoms with Crippen LogP contribution in [0, 0.1) is 0 Å². The molecule has 17 heavy (non-hydrogen) atoms. The van der Waals surface area contributed by atoms with E-state index in [1.54, 1.807) is 12.1 Å². The zero-order valence-electron chi connectivity index (χ0n) is 9.30. The lowest BCUT2D eigenvalue weighted by Gasteiger charge is -2.08. The van der Waals surface area contributed by atoms with Crippen molar-refractivity contribution in [3.63, 3.8) is 0 Å². The average molecular weight is 239 g/mol. The Labute approximate surface area is 97.9 Å². The Morgan fingerprint density at radius 2 is 2.12 bits per heavy atom. The van der Waals surface area contributed by atoms with Crippen LogP contribution < -0.4 is 10.5 Å². The highest BCUT2D eigenvalue weighted by molar-refractivity contribution is 5.93. The molecule has 0 aliphatic carbocycles. The zero-order valence-corrected chi connectivity index (χ0v) is 9.30. The maximum absolute atomic E-state index is 11.6. The van der Waals surface area contributed by atoms with E-state index in [0.29, 0.717) is 11.4 Å². The number of methoxy groups -OCH3 is 1. The van der Waals surface area contributed by atoms with Crippen LogP contribution in [0.5, 0.6) is 5.75 Å². The molecule has 0 spiro atoms. The fraction of sp³-hybridized carbons (Fsp3) is 0.273. The standard InChI is InChI=1S/C11H13NO5/c1-16-9-3-2-7(12)6-8(9)11(15)17-5-4-10(13)14/h2-3,6H,4-5,12H2,1H3,(H,13,14). The first-order valence-electron chi connectivity index (χ1n) is 4.87. The minimum atomic E-state index is -1.03. The lowest BCUT2D eigenvalue weighted by Crippen LogP contribution is -2.11. The van der Waals surface area contributed by atoms with Crippen LogP contribution >= 0.6 is 0 Å². The molecule has 0 bridgehead atoms. The number of hydrogen-bond donors (Lipinski definition) is 2. The number of carbonyl (C=O) groups is 2. The number of esters is 1. The third-order valence-corrected chi connectivity index (χ3v) is 1.99. The summed E-state index contributed by atoms with van der Waals surface area (Å²) >= 11 is 0. The van der Waals surface area contributed by atoms with Crippen LogP contribution in [-0.2, 0) is 9.53 Å². The molecule has 0 fully saturated rings. The average Bonchev–Trinajstić information content (AvgIpc) is 2.28. The Hall–Kier alpha value is -2.24. The lowest BCUT2D eigenvalue weighted by molar-refractivity contribution is -0.137. The maximum Gasteiger partial charge on any atom is 0.342 e. The van der Waals surface area contributed by atoms with Gasteiger partial charge in [0.05, 0.1) is 13.5 Å². The van der Waals surface area contributed by atoms with Gasteiger partial charge in [0.15, 0.2) is 0 Å². The number of anilines is 1. The molecular weight excluding hydrogens is 226 g/mol. The van der Waals surface area contributed by atoms with Crippen molar-refractivity contribution in [2.24, 2.45) is 0 Å². The molecule has 0 aliphatic heterocycles. The molecule has 6 nitrogen and oxygen atoms in total. The van der Waals surface area contributed by atoms with Crippen LogP contribution in [0.4, 0.5) is 5.69 Å². The molecule has 0 atom stereocenters. The van der Waals surface area contributed by atoms with Crippen LogP contribution in [0.25, 0.3) is 0 Å². The topological polar surface area (TPSA) is 98.9 Å². The highest BCUT2D eigenvalue weighted by Gasteiger charge is 2.14. The Kier molecular flexibility index (Phi) is 4.33. The monoisotopic (exact) mass is 239 g/mol. The molecule has 1 aromatic carbocycles. The predicted octanol–water partition coefficient (Wildman–Crippen LogP) is 0.909. The van der Waals surface area contributed by atoms with Crippen molar-refractivity contribution in [1.82, 2.24) is 0 Å². The van der Waals surface area contributed by atoms with Gasteiger partial charge in [-0.1, -0.05) is 0 Å². The van der Waals surface area contributed by atoms with E-state index in [4.69, 9.17) is 20.3 Å². The van der Waals surface area contributed by atoms with Crippen molar-refractivity contribution in [1.29, 1.82) is 0 Å². The van der Waals surface area contributed by atoms with Gasteiger partial charge in [-0.05, 0) is 18.2 Å². The zero-order chi connectivity index (χ0) is 12.8. The Morgan fingerprint density at radius 3 is 2.71 bits per heavy atom. The van der Waals surface area contributed by atoms with Crippen molar-refractivity contribution in [3.05, 3.63) is 23.8 Å². The minimum absolute atomic E-state index is 0.179. The molecule has 0 saturated carbocycles. The minimum Gasteiger partial charge on any atom is -0.496 e. The van der Waals surface area contributed by atoms with Crippen LogP contribution in [0.1, 0.15) is 16.8 Å². The number of carboxylic acid groups (broad SMARTS) is 1. The highest BCUT2D eigenvalue weighted by atomic mass is 16.5. The number of aliphatic carboxylic acids is 1. The molecule has 0 aromatic heterocycles. The van der Waals surface area contributed by atoms with Gasteiger partial charge in [-0.25, -0.2) is 4.79 Å². The summed E-state index contributed by atoms with van der Waals surface area (Å²) in [5.41, 5.74) is 6.12. The molecule has 1 aromatic rings. The van der Waals surface area contributed by atoms with E-state index in [1.165, 1.54) is 13.2 Å². The number of hydrogen-bond acceptors (Lipinski definition) is 5. The van der Waals surface area contributed by atoms with Crippen molar-refractivity contribution in [2.45, 2.75) is 6.42 Å². The van der Waals surface area contributed by atoms with Crippen molar-refractivity contribution < 1.29 is 24.2 Å². The number of ether oxygens (including phenoxy) is 2. The smallest absolute Gasteiger partial charge is 0.342 e. The summed E-state index contributed by atoms with van der Waals surface area (Å²) in [7, 11) is 1.42. The summed E-state index contributed by atoms with van der Waals surface area (Å²) < 4.78 is 9.76. The van der Waals surface area contributed by atoms with Gasteiger partial charge in [-0.3, -0.25) is 4.79 Å². The van der Waals surface area contributed by atoms with E-state index >= 15 is 0 Å². The van der Waals surface area contributed by atoms with Gasteiger partial charge >= 0.3 is 11.9 Å². The molecule has 6 heteroatoms. The second kappa shape index (κ2) is 5.74. The van der Waals surface area contributed by atoms with E-state index in [9.17, 15) is 9.59 Å². The predicted molar refractivity (Wildman–Crippen MR) is 59.9 cm³/mol. The van der Waals surface area contributed by atoms with Gasteiger partial charge in [0.2, 0.25) is 0 Å². The molecular formula is C11H13NO5. The second-order valence-electron chi connectivity index (χ2n) is 3.24. The van der Waals surface area contributed by atoms with Crippen LogP contribution in [-0.4, -0.2) is 30.8 Å². The molecule has 0 radical (unpaired) electrons. The Balaban J connectivity index is 2.73. The molecule has 0 unspecified atom stereocenters. The number of nitrogen functional groups attached to an aromatic ring is 1. The van der Waals surface area contributed by atoms with Gasteiger partial charge in [-0.15, -0.1) is 0 Å². The van der Waals surface area contributed by atoms with Crippen molar-refractivity contribution in [3.8, 4) is 5.75 Å². The van der Waals surface area contributed by atoms with Gasteiger partial charge in [-0.2, -0.15) is 0 Å². The fourth-order valence-corrected chi connectivity index (χ4v) is 1.19. The van der Waals surface area contributed by atoms with Gasteiger partial charge in [0.1, 0.15) is 17.9 Å². The first kappa shape index (κ1) is 12.8. The second-order valence-corrected chi connectivity index (χ2v) is 3.24. The summed E-state index contributed by atoms with van der Waals surface area (Å²) in [6.45, 7) is -0.188. The SMILES string of the molecule is COc1ccc(N)cc1C(=O)OCCC(=O)O. The third kappa shape index (κ3) is 3.67. The Bertz CT molecular complexity index is 430. The maximum atomic E-state index is 11.6. The summed E-state index contributed by atoms with van der Waals surface area (Å²) in [6.07, 6.45) is -0.240. The number of benzene rings is 1. The number of nitrogens with two attached hydrogens (primary N) is 1. The largest absolute Gasteiger partial charge is 0.496 e. The van der Waals surface area contributed by atoms with E-state index < -0.39 is 11.9 Å². The third-order valence-electron chi connectivity index (χ3n) is 1.99. The summed E-state index contributed by atoms with van der Waals surface area (Å²) in [6, 6.07) is 4.55. The van der Waals surface area contributed by atoms with E-state index in [0.717, 1.165) is 0 Å². The summed E-state index contributed by atoms with van der Waals surface area (Å²) in [5, 5.41) is 8.41. The molecule has 0 amide bonds. The number of rotatable bonds is 5. The van der Waals surface area contributed by atoms with Gasteiger partial charge in [0.25, 0.3) is 0 Å². The van der Waals surface area contributed by atoms with Crippen LogP contribution in [0.2, 0.25) is 0 Å². The summed E-state index contributed by atoms with van der Waals surface area (Å²) in [4.78, 5) is 21.9. The fourth-order valence-electron chi connectivity index (χ4n) is 1.19. The molecule has 1 rings (SSSR count). The lowest BCUT2D eigenvalue weighted by atomic mass is 10.2. The molecule has 0 heterocycles. The van der Waals surface area contributed by atoms with E-state index in [-0.39, 0.29) is 18.6 Å². The normalized spacial score (nSPS) is 9.71. The summed E-state index contributed by atoms with van der Waals surface area (Å²) in [5.74, 6) is -1.35. The van der Waals surface area contributed by atoms with Gasteiger partial charge < -0.3 is 20.3 Å². The molecule has 92 valence electrons. The molecule has 0 saturated heterocycles. The first-order valence-corrected chi connectivity index (χ1v) is 4.87. The highest BCUT2D eigenvalue weighted by Crippen LogP contribution is 2.21. The van der Waals surface area contributed by atoms with E-state index in [1.807, 2.05) is 0 Å². The molecule has 0 aliphatic rings. The van der Waals surface area contributed by atoms with Crippen LogP contribution in [0.3, 0.4) is 0 Å². The molecule has 3 N–H and O–H groups in total. The van der Waals surface area contributed by atoms with E-state index in [2.05, 4.69) is 0 Å². The van der Waals surface area contributed by atoms with Crippen LogP contribution in [0.15, 0.2) is 18.2 Å². The van der Waals surface area contributed by atoms with Gasteiger partial charge in [0, 0.05) is 5.69 Å². The first-order chi connectivity index (χ1) is 8.04. The quantitative estimate of drug-likeness (QED) is 0.585. The van der Waals surface area contributed by atoms with Crippen molar-refractivity contribution >= 4 is 17.6 Å².